The van der Waals surface area contributed by atoms with E-state index in [1.54, 1.807) is 6.07 Å². The van der Waals surface area contributed by atoms with E-state index in [4.69, 9.17) is 4.42 Å². The molecule has 0 saturated carbocycles. The molecule has 1 aromatic carbocycles. The monoisotopic (exact) mass is 219 g/mol. The fourth-order valence-electron chi connectivity index (χ4n) is 1.52. The van der Waals surface area contributed by atoms with Gasteiger partial charge in [-0.15, -0.1) is 0 Å². The lowest BCUT2D eigenvalue weighted by molar-refractivity contribution is 0.458. The first-order valence-electron chi connectivity index (χ1n) is 5.23. The van der Waals surface area contributed by atoms with Gasteiger partial charge in [0.2, 0.25) is 0 Å². The molecule has 84 valence electrons. The third-order valence-corrected chi connectivity index (χ3v) is 2.60. The van der Waals surface area contributed by atoms with E-state index in [-0.39, 0.29) is 11.9 Å². The van der Waals surface area contributed by atoms with Crippen LogP contribution in [0.3, 0.4) is 0 Å². The summed E-state index contributed by atoms with van der Waals surface area (Å²) < 4.78 is 18.7. The average Bonchev–Trinajstić information content (AvgIpc) is 2.77. The van der Waals surface area contributed by atoms with Gasteiger partial charge in [-0.3, -0.25) is 0 Å². The van der Waals surface area contributed by atoms with Gasteiger partial charge in [-0.1, -0.05) is 12.1 Å². The van der Waals surface area contributed by atoms with Crippen molar-refractivity contribution in [3.05, 3.63) is 48.0 Å². The number of hydrogen-bond donors (Lipinski definition) is 1. The zero-order chi connectivity index (χ0) is 11.5. The quantitative estimate of drug-likeness (QED) is 0.856. The summed E-state index contributed by atoms with van der Waals surface area (Å²) in [6.07, 6.45) is 0. The Morgan fingerprint density at radius 2 is 2.06 bits per heavy atom. The Morgan fingerprint density at radius 1 is 1.25 bits per heavy atom. The summed E-state index contributed by atoms with van der Waals surface area (Å²) in [7, 11) is 1.87. The van der Waals surface area contributed by atoms with Gasteiger partial charge >= 0.3 is 0 Å². The van der Waals surface area contributed by atoms with Crippen LogP contribution in [-0.2, 0) is 0 Å². The number of hydrogen-bond acceptors (Lipinski definition) is 2. The lowest BCUT2D eigenvalue weighted by Gasteiger charge is -2.05. The van der Waals surface area contributed by atoms with E-state index in [1.807, 2.05) is 32.2 Å². The molecule has 0 spiro atoms. The maximum atomic E-state index is 13.0. The molecule has 2 nitrogen and oxygen atoms in total. The summed E-state index contributed by atoms with van der Waals surface area (Å²) in [5.74, 6) is 1.29. The highest BCUT2D eigenvalue weighted by Gasteiger charge is 2.09. The smallest absolute Gasteiger partial charge is 0.134 e. The molecule has 2 aromatic rings. The highest BCUT2D eigenvalue weighted by Crippen LogP contribution is 2.25. The molecule has 1 N–H and O–H groups in total. The summed E-state index contributed by atoms with van der Waals surface area (Å²) in [5, 5.41) is 3.09. The summed E-state index contributed by atoms with van der Waals surface area (Å²) in [6.45, 7) is 2.01. The van der Waals surface area contributed by atoms with Gasteiger partial charge in [-0.05, 0) is 38.2 Å². The molecular weight excluding hydrogens is 205 g/mol. The second kappa shape index (κ2) is 4.49. The van der Waals surface area contributed by atoms with Crippen molar-refractivity contribution < 1.29 is 8.81 Å². The minimum atomic E-state index is -0.253. The molecule has 1 heterocycles. The third-order valence-electron chi connectivity index (χ3n) is 2.60. The second-order valence-electron chi connectivity index (χ2n) is 3.72. The van der Waals surface area contributed by atoms with Crippen LogP contribution in [0.1, 0.15) is 18.7 Å². The third kappa shape index (κ3) is 2.14. The Balaban J connectivity index is 2.31. The van der Waals surface area contributed by atoms with Gasteiger partial charge in [0.1, 0.15) is 17.3 Å². The molecule has 0 fully saturated rings. The largest absolute Gasteiger partial charge is 0.459 e. The van der Waals surface area contributed by atoms with Gasteiger partial charge in [-0.2, -0.15) is 0 Å². The van der Waals surface area contributed by atoms with Gasteiger partial charge in [0, 0.05) is 5.56 Å². The standard InChI is InChI=1S/C13H14FNO/c1-9(15-2)12-6-7-13(16-12)10-4-3-5-11(14)8-10/h3-9,15H,1-2H3. The van der Waals surface area contributed by atoms with E-state index in [9.17, 15) is 4.39 Å². The number of nitrogens with one attached hydrogen (secondary N) is 1. The normalized spacial score (nSPS) is 12.7. The predicted octanol–water partition coefficient (Wildman–Crippen LogP) is 3.37. The average molecular weight is 219 g/mol. The van der Waals surface area contributed by atoms with Gasteiger partial charge in [0.25, 0.3) is 0 Å². The van der Waals surface area contributed by atoms with Crippen LogP contribution in [0.4, 0.5) is 4.39 Å². The molecule has 1 unspecified atom stereocenters. The Bertz CT molecular complexity index is 478. The van der Waals surface area contributed by atoms with Crippen LogP contribution in [0.15, 0.2) is 40.8 Å². The lowest BCUT2D eigenvalue weighted by Crippen LogP contribution is -2.10. The maximum absolute atomic E-state index is 13.0. The van der Waals surface area contributed by atoms with Crippen molar-refractivity contribution in [1.82, 2.24) is 5.32 Å². The van der Waals surface area contributed by atoms with Crippen molar-refractivity contribution in [2.45, 2.75) is 13.0 Å². The molecule has 0 aliphatic carbocycles. The highest BCUT2D eigenvalue weighted by atomic mass is 19.1. The SMILES string of the molecule is CNC(C)c1ccc(-c2cccc(F)c2)o1. The maximum Gasteiger partial charge on any atom is 0.134 e. The zero-order valence-corrected chi connectivity index (χ0v) is 9.33. The molecule has 0 aliphatic rings. The van der Waals surface area contributed by atoms with Crippen LogP contribution in [0.25, 0.3) is 11.3 Å². The minimum Gasteiger partial charge on any atom is -0.459 e. The first-order chi connectivity index (χ1) is 7.70. The highest BCUT2D eigenvalue weighted by molar-refractivity contribution is 5.57. The van der Waals surface area contributed by atoms with Crippen molar-refractivity contribution in [1.29, 1.82) is 0 Å². The van der Waals surface area contributed by atoms with Crippen molar-refractivity contribution in [2.75, 3.05) is 7.05 Å². The van der Waals surface area contributed by atoms with Gasteiger partial charge in [0.15, 0.2) is 0 Å². The molecular formula is C13H14FNO. The summed E-state index contributed by atoms with van der Waals surface area (Å²) >= 11 is 0. The Labute approximate surface area is 94.1 Å². The van der Waals surface area contributed by atoms with Crippen molar-refractivity contribution in [3.63, 3.8) is 0 Å². The fraction of sp³-hybridized carbons (Fsp3) is 0.231. The van der Waals surface area contributed by atoms with E-state index in [1.165, 1.54) is 12.1 Å². The lowest BCUT2D eigenvalue weighted by atomic mass is 10.2. The summed E-state index contributed by atoms with van der Waals surface area (Å²) in [6, 6.07) is 10.3. The topological polar surface area (TPSA) is 25.2 Å². The van der Waals surface area contributed by atoms with E-state index in [2.05, 4.69) is 5.32 Å². The van der Waals surface area contributed by atoms with E-state index < -0.39 is 0 Å². The van der Waals surface area contributed by atoms with E-state index in [0.29, 0.717) is 5.76 Å². The summed E-state index contributed by atoms with van der Waals surface area (Å²) in [4.78, 5) is 0. The minimum absolute atomic E-state index is 0.155. The molecule has 0 aliphatic heterocycles. The molecule has 1 atom stereocenters. The Kier molecular flexibility index (Phi) is 3.06. The molecule has 0 saturated heterocycles. The van der Waals surface area contributed by atoms with Gasteiger partial charge < -0.3 is 9.73 Å². The summed E-state index contributed by atoms with van der Waals surface area (Å²) in [5.41, 5.74) is 0.759. The van der Waals surface area contributed by atoms with E-state index in [0.717, 1.165) is 11.3 Å². The predicted molar refractivity (Wildman–Crippen MR) is 61.6 cm³/mol. The van der Waals surface area contributed by atoms with Crippen molar-refractivity contribution >= 4 is 0 Å². The molecule has 16 heavy (non-hydrogen) atoms. The molecule has 0 amide bonds. The molecule has 0 radical (unpaired) electrons. The fourth-order valence-corrected chi connectivity index (χ4v) is 1.52. The number of furan rings is 1. The van der Waals surface area contributed by atoms with Crippen LogP contribution in [0.2, 0.25) is 0 Å². The van der Waals surface area contributed by atoms with Crippen molar-refractivity contribution in [2.24, 2.45) is 0 Å². The van der Waals surface area contributed by atoms with Crippen molar-refractivity contribution in [3.8, 4) is 11.3 Å². The van der Waals surface area contributed by atoms with E-state index >= 15 is 0 Å². The zero-order valence-electron chi connectivity index (χ0n) is 9.33. The number of halogens is 1. The number of benzene rings is 1. The van der Waals surface area contributed by atoms with Crippen LogP contribution in [0, 0.1) is 5.82 Å². The Hall–Kier alpha value is -1.61. The van der Waals surface area contributed by atoms with Crippen LogP contribution in [-0.4, -0.2) is 7.05 Å². The first-order valence-corrected chi connectivity index (χ1v) is 5.23. The first kappa shape index (κ1) is 10.9. The van der Waals surface area contributed by atoms with Gasteiger partial charge in [0.05, 0.1) is 6.04 Å². The molecule has 2 rings (SSSR count). The van der Waals surface area contributed by atoms with Gasteiger partial charge in [-0.25, -0.2) is 4.39 Å². The molecule has 1 aromatic heterocycles. The van der Waals surface area contributed by atoms with Crippen LogP contribution in [0.5, 0.6) is 0 Å². The molecule has 0 bridgehead atoms. The molecule has 3 heteroatoms. The number of rotatable bonds is 3. The van der Waals surface area contributed by atoms with Crippen LogP contribution < -0.4 is 5.32 Å². The second-order valence-corrected chi connectivity index (χ2v) is 3.72. The van der Waals surface area contributed by atoms with Crippen LogP contribution >= 0.6 is 0 Å². The Morgan fingerprint density at radius 3 is 2.75 bits per heavy atom.